The molecule has 5 rings (SSSR count). The molecular formula is C25H25N5O2S. The van der Waals surface area contributed by atoms with Gasteiger partial charge in [-0.3, -0.25) is 4.90 Å². The smallest absolute Gasteiger partial charge is 0.243 e. The lowest BCUT2D eigenvalue weighted by atomic mass is 9.74. The summed E-state index contributed by atoms with van der Waals surface area (Å²) in [5, 5.41) is 4.18. The quantitative estimate of drug-likeness (QED) is 0.311. The maximum Gasteiger partial charge on any atom is 0.243 e. The van der Waals surface area contributed by atoms with E-state index in [0.29, 0.717) is 31.1 Å². The molecule has 7 nitrogen and oxygen atoms in total. The molecule has 168 valence electrons. The molecule has 2 heterocycles. The van der Waals surface area contributed by atoms with E-state index < -0.39 is 21.1 Å². The lowest BCUT2D eigenvalue weighted by Crippen LogP contribution is -2.75. The molecule has 0 atom stereocenters. The van der Waals surface area contributed by atoms with Crippen LogP contribution in [0, 0.1) is 6.92 Å². The minimum atomic E-state index is -3.58. The average Bonchev–Trinajstić information content (AvgIpc) is 2.78. The third-order valence-electron chi connectivity index (χ3n) is 6.90. The molecule has 0 amide bonds. The van der Waals surface area contributed by atoms with Gasteiger partial charge in [-0.1, -0.05) is 83.5 Å². The minimum Gasteiger partial charge on any atom is -0.289 e. The van der Waals surface area contributed by atoms with Crippen molar-refractivity contribution in [2.45, 2.75) is 22.9 Å². The van der Waals surface area contributed by atoms with E-state index in [4.69, 9.17) is 0 Å². The molecule has 0 bridgehead atoms. The van der Waals surface area contributed by atoms with Crippen molar-refractivity contribution in [3.05, 3.63) is 112 Å². The van der Waals surface area contributed by atoms with Crippen molar-refractivity contribution in [2.24, 2.45) is 5.11 Å². The number of sulfonamides is 1. The molecule has 0 spiro atoms. The molecular weight excluding hydrogens is 434 g/mol. The Balaban J connectivity index is 1.45. The Morgan fingerprint density at radius 3 is 1.91 bits per heavy atom. The highest BCUT2D eigenvalue weighted by Gasteiger charge is 2.59. The molecule has 0 aromatic heterocycles. The fraction of sp³-hybridized carbons (Fsp3) is 0.280. The Morgan fingerprint density at radius 1 is 0.818 bits per heavy atom. The summed E-state index contributed by atoms with van der Waals surface area (Å²) < 4.78 is 28.1. The van der Waals surface area contributed by atoms with Crippen molar-refractivity contribution < 1.29 is 8.42 Å². The maximum absolute atomic E-state index is 13.3. The molecule has 8 heteroatoms. The van der Waals surface area contributed by atoms with Crippen LogP contribution < -0.4 is 0 Å². The monoisotopic (exact) mass is 459 g/mol. The number of hydrogen-bond donors (Lipinski definition) is 0. The predicted molar refractivity (Wildman–Crippen MR) is 127 cm³/mol. The van der Waals surface area contributed by atoms with E-state index in [-0.39, 0.29) is 0 Å². The fourth-order valence-electron chi connectivity index (χ4n) is 4.91. The molecule has 0 N–H and O–H groups in total. The third kappa shape index (κ3) is 3.52. The highest BCUT2D eigenvalue weighted by Crippen LogP contribution is 2.48. The van der Waals surface area contributed by atoms with Crippen LogP contribution in [0.2, 0.25) is 0 Å². The van der Waals surface area contributed by atoms with Crippen molar-refractivity contribution in [3.8, 4) is 0 Å². The molecule has 3 aromatic rings. The van der Waals surface area contributed by atoms with Gasteiger partial charge in [0.25, 0.3) is 0 Å². The van der Waals surface area contributed by atoms with Gasteiger partial charge in [0.2, 0.25) is 10.0 Å². The van der Waals surface area contributed by atoms with Crippen LogP contribution >= 0.6 is 0 Å². The van der Waals surface area contributed by atoms with Gasteiger partial charge in [0.15, 0.2) is 0 Å². The van der Waals surface area contributed by atoms with Gasteiger partial charge in [0, 0.05) is 31.1 Å². The summed E-state index contributed by atoms with van der Waals surface area (Å²) in [6, 6.07) is 26.8. The van der Waals surface area contributed by atoms with Crippen LogP contribution in [0.25, 0.3) is 10.4 Å². The predicted octanol–water partition coefficient (Wildman–Crippen LogP) is 4.42. The summed E-state index contributed by atoms with van der Waals surface area (Å²) in [4.78, 5) is 5.70. The third-order valence-corrected chi connectivity index (χ3v) is 8.71. The Kier molecular flexibility index (Phi) is 5.26. The number of likely N-dealkylation sites (tertiary alicyclic amines) is 1. The molecule has 0 aliphatic carbocycles. The summed E-state index contributed by atoms with van der Waals surface area (Å²) in [5.41, 5.74) is 11.2. The summed E-state index contributed by atoms with van der Waals surface area (Å²) in [7, 11) is -3.58. The van der Waals surface area contributed by atoms with Gasteiger partial charge in [-0.25, -0.2) is 8.42 Å². The first-order chi connectivity index (χ1) is 15.9. The average molecular weight is 460 g/mol. The zero-order chi connectivity index (χ0) is 23.1. The van der Waals surface area contributed by atoms with Gasteiger partial charge < -0.3 is 0 Å². The van der Waals surface area contributed by atoms with Crippen LogP contribution in [0.3, 0.4) is 0 Å². The summed E-state index contributed by atoms with van der Waals surface area (Å²) in [6.45, 7) is 3.72. The van der Waals surface area contributed by atoms with Crippen LogP contribution in [0.5, 0.6) is 0 Å². The zero-order valence-corrected chi connectivity index (χ0v) is 19.2. The van der Waals surface area contributed by atoms with E-state index in [1.54, 1.807) is 16.4 Å². The lowest BCUT2D eigenvalue weighted by molar-refractivity contribution is -0.0956. The number of benzene rings is 3. The van der Waals surface area contributed by atoms with E-state index in [1.165, 1.54) is 0 Å². The number of hydrogen-bond acceptors (Lipinski definition) is 4. The standard InChI is InChI=1S/C25H25N5O2S/c1-20-12-14-23(15-13-20)33(31,32)30-18-25(19-30,22-10-6-3-7-11-22)29-16-24(17-29,27-28-26)21-8-4-2-5-9-21/h2-15H,16-19H2,1H3. The number of rotatable bonds is 6. The largest absolute Gasteiger partial charge is 0.289 e. The van der Waals surface area contributed by atoms with Crippen LogP contribution in [-0.4, -0.2) is 43.8 Å². The highest BCUT2D eigenvalue weighted by molar-refractivity contribution is 7.89. The Labute approximate surface area is 194 Å². The van der Waals surface area contributed by atoms with Crippen LogP contribution in [0.1, 0.15) is 16.7 Å². The first-order valence-electron chi connectivity index (χ1n) is 10.9. The van der Waals surface area contributed by atoms with E-state index in [0.717, 1.165) is 16.7 Å². The van der Waals surface area contributed by atoms with Gasteiger partial charge in [-0.2, -0.15) is 4.31 Å². The summed E-state index contributed by atoms with van der Waals surface area (Å²) in [6.07, 6.45) is 0. The van der Waals surface area contributed by atoms with Crippen molar-refractivity contribution in [1.29, 1.82) is 0 Å². The normalized spacial score (nSPS) is 19.7. The SMILES string of the molecule is Cc1ccc(S(=O)(=O)N2CC(c3ccccc3)(N3CC(N=[N+]=[N-])(c4ccccc4)C3)C2)cc1. The Morgan fingerprint density at radius 2 is 1.36 bits per heavy atom. The maximum atomic E-state index is 13.3. The molecule has 0 saturated carbocycles. The van der Waals surface area contributed by atoms with Crippen molar-refractivity contribution in [3.63, 3.8) is 0 Å². The number of aryl methyl sites for hydroxylation is 1. The summed E-state index contributed by atoms with van der Waals surface area (Å²) >= 11 is 0. The van der Waals surface area contributed by atoms with Gasteiger partial charge in [-0.15, -0.1) is 0 Å². The molecule has 2 aliphatic rings. The van der Waals surface area contributed by atoms with Crippen molar-refractivity contribution >= 4 is 10.0 Å². The van der Waals surface area contributed by atoms with E-state index in [1.807, 2.05) is 79.7 Å². The summed E-state index contributed by atoms with van der Waals surface area (Å²) in [5.74, 6) is 0. The number of nitrogens with zero attached hydrogens (tertiary/aromatic N) is 5. The van der Waals surface area contributed by atoms with Crippen molar-refractivity contribution in [2.75, 3.05) is 26.2 Å². The Bertz CT molecular complexity index is 1290. The second-order valence-electron chi connectivity index (χ2n) is 8.93. The van der Waals surface area contributed by atoms with E-state index in [2.05, 4.69) is 14.9 Å². The van der Waals surface area contributed by atoms with Crippen LogP contribution in [0.15, 0.2) is 94.9 Å². The molecule has 33 heavy (non-hydrogen) atoms. The zero-order valence-electron chi connectivity index (χ0n) is 18.4. The molecule has 0 radical (unpaired) electrons. The van der Waals surface area contributed by atoms with Crippen molar-refractivity contribution in [1.82, 2.24) is 9.21 Å². The van der Waals surface area contributed by atoms with Crippen LogP contribution in [-0.2, 0) is 21.1 Å². The van der Waals surface area contributed by atoms with Crippen LogP contribution in [0.4, 0.5) is 0 Å². The van der Waals surface area contributed by atoms with Gasteiger partial charge >= 0.3 is 0 Å². The molecule has 0 unspecified atom stereocenters. The second kappa shape index (κ2) is 8.01. The molecule has 3 aromatic carbocycles. The van der Waals surface area contributed by atoms with Gasteiger partial charge in [-0.05, 0) is 35.7 Å². The second-order valence-corrected chi connectivity index (χ2v) is 10.9. The fourth-order valence-corrected chi connectivity index (χ4v) is 6.45. The highest BCUT2D eigenvalue weighted by atomic mass is 32.2. The topological polar surface area (TPSA) is 89.4 Å². The van der Waals surface area contributed by atoms with E-state index >= 15 is 0 Å². The molecule has 2 saturated heterocycles. The number of azide groups is 1. The lowest BCUT2D eigenvalue weighted by Gasteiger charge is -2.62. The molecule has 2 aliphatic heterocycles. The minimum absolute atomic E-state index is 0.311. The molecule has 2 fully saturated rings. The Hall–Kier alpha value is -3.16. The van der Waals surface area contributed by atoms with Gasteiger partial charge in [0.05, 0.1) is 16.0 Å². The first kappa shape index (κ1) is 21.7. The van der Waals surface area contributed by atoms with Gasteiger partial charge in [0.1, 0.15) is 0 Å². The first-order valence-corrected chi connectivity index (χ1v) is 12.3. The van der Waals surface area contributed by atoms with E-state index in [9.17, 15) is 13.9 Å².